The molecule has 5 rings (SSSR count). The van der Waals surface area contributed by atoms with Crippen molar-refractivity contribution in [2.75, 3.05) is 18.0 Å². The molecule has 2 aromatic rings. The van der Waals surface area contributed by atoms with Crippen LogP contribution in [0.2, 0.25) is 0 Å². The Bertz CT molecular complexity index is 826. The number of anilines is 1. The van der Waals surface area contributed by atoms with Crippen molar-refractivity contribution in [3.8, 4) is 0 Å². The number of para-hydroxylation sites is 2. The number of hydrogen-bond donors (Lipinski definition) is 1. The topological polar surface area (TPSA) is 50.2 Å². The Hall–Kier alpha value is -2.04. The predicted octanol–water partition coefficient (Wildman–Crippen LogP) is 4.11. The minimum absolute atomic E-state index is 0.174. The lowest BCUT2D eigenvalue weighted by Crippen LogP contribution is -2.42. The Labute approximate surface area is 167 Å². The van der Waals surface area contributed by atoms with E-state index in [1.54, 1.807) is 0 Å². The van der Waals surface area contributed by atoms with Crippen molar-refractivity contribution in [1.29, 1.82) is 0 Å². The summed E-state index contributed by atoms with van der Waals surface area (Å²) in [5.41, 5.74) is 2.36. The molecule has 28 heavy (non-hydrogen) atoms. The number of amides is 1. The molecule has 1 aliphatic heterocycles. The van der Waals surface area contributed by atoms with Gasteiger partial charge in [0.25, 0.3) is 0 Å². The monoisotopic (exact) mass is 380 g/mol. The third kappa shape index (κ3) is 3.76. The average Bonchev–Trinajstić information content (AvgIpc) is 3.49. The first-order valence-corrected chi connectivity index (χ1v) is 11.3. The highest BCUT2D eigenvalue weighted by Crippen LogP contribution is 2.32. The van der Waals surface area contributed by atoms with Gasteiger partial charge in [0.1, 0.15) is 0 Å². The van der Waals surface area contributed by atoms with Crippen molar-refractivity contribution >= 4 is 22.9 Å². The van der Waals surface area contributed by atoms with E-state index in [0.717, 1.165) is 62.7 Å². The van der Waals surface area contributed by atoms with E-state index in [2.05, 4.69) is 39.0 Å². The number of aromatic nitrogens is 2. The number of hydrogen-bond acceptors (Lipinski definition) is 3. The molecule has 0 bridgehead atoms. The fraction of sp³-hybridized carbons (Fsp3) is 0.652. The van der Waals surface area contributed by atoms with Gasteiger partial charge in [0.2, 0.25) is 11.9 Å². The maximum absolute atomic E-state index is 12.4. The zero-order valence-corrected chi connectivity index (χ0v) is 16.8. The molecule has 1 amide bonds. The van der Waals surface area contributed by atoms with Crippen LogP contribution in [-0.2, 0) is 11.3 Å². The first-order chi connectivity index (χ1) is 13.8. The maximum Gasteiger partial charge on any atom is 0.223 e. The zero-order chi connectivity index (χ0) is 18.9. The first kappa shape index (κ1) is 18.0. The van der Waals surface area contributed by atoms with Crippen LogP contribution in [-0.4, -0.2) is 34.6 Å². The van der Waals surface area contributed by atoms with E-state index in [-0.39, 0.29) is 11.8 Å². The Balaban J connectivity index is 1.33. The van der Waals surface area contributed by atoms with Crippen LogP contribution in [0.3, 0.4) is 0 Å². The lowest BCUT2D eigenvalue weighted by molar-refractivity contribution is -0.125. The summed E-state index contributed by atoms with van der Waals surface area (Å²) >= 11 is 0. The van der Waals surface area contributed by atoms with Crippen molar-refractivity contribution in [3.63, 3.8) is 0 Å². The van der Waals surface area contributed by atoms with Gasteiger partial charge in [-0.15, -0.1) is 0 Å². The second-order valence-electron chi connectivity index (χ2n) is 9.06. The van der Waals surface area contributed by atoms with Gasteiger partial charge in [-0.2, -0.15) is 0 Å². The average molecular weight is 381 g/mol. The molecule has 0 radical (unpaired) electrons. The van der Waals surface area contributed by atoms with Crippen molar-refractivity contribution < 1.29 is 4.79 Å². The number of carbonyl (C=O) groups excluding carboxylic acids is 1. The standard InChI is InChI=1S/C23H32N4O/c28-22(24-19-10-11-19)18-12-14-26(15-13-18)23-25-20-8-4-5-9-21(20)27(23)16-17-6-2-1-3-7-17/h4-5,8-9,17-19H,1-3,6-7,10-16H2,(H,24,28). The van der Waals surface area contributed by atoms with Crippen LogP contribution in [0.5, 0.6) is 0 Å². The van der Waals surface area contributed by atoms with Gasteiger partial charge >= 0.3 is 0 Å². The smallest absolute Gasteiger partial charge is 0.223 e. The normalized spacial score (nSPS) is 21.9. The fourth-order valence-corrected chi connectivity index (χ4v) is 5.00. The molecule has 5 heteroatoms. The summed E-state index contributed by atoms with van der Waals surface area (Å²) in [7, 11) is 0. The van der Waals surface area contributed by atoms with E-state index in [1.165, 1.54) is 37.6 Å². The SMILES string of the molecule is O=C(NC1CC1)C1CCN(c2nc3ccccc3n2CC2CCCCC2)CC1. The number of fused-ring (bicyclic) bond motifs is 1. The highest BCUT2D eigenvalue weighted by molar-refractivity contribution is 5.80. The van der Waals surface area contributed by atoms with Gasteiger partial charge < -0.3 is 14.8 Å². The number of benzene rings is 1. The number of nitrogens with zero attached hydrogens (tertiary/aromatic N) is 3. The van der Waals surface area contributed by atoms with E-state index in [1.807, 2.05) is 0 Å². The van der Waals surface area contributed by atoms with Gasteiger partial charge in [-0.3, -0.25) is 4.79 Å². The van der Waals surface area contributed by atoms with Gasteiger partial charge in [-0.25, -0.2) is 4.98 Å². The van der Waals surface area contributed by atoms with Crippen molar-refractivity contribution in [2.45, 2.75) is 70.4 Å². The van der Waals surface area contributed by atoms with Gasteiger partial charge in [-0.05, 0) is 56.6 Å². The van der Waals surface area contributed by atoms with E-state index in [4.69, 9.17) is 4.98 Å². The van der Waals surface area contributed by atoms with Gasteiger partial charge in [0.15, 0.2) is 0 Å². The summed E-state index contributed by atoms with van der Waals surface area (Å²) in [5, 5.41) is 3.19. The molecule has 2 heterocycles. The molecule has 1 N–H and O–H groups in total. The number of rotatable bonds is 5. The van der Waals surface area contributed by atoms with E-state index in [0.29, 0.717) is 6.04 Å². The molecule has 1 saturated heterocycles. The van der Waals surface area contributed by atoms with E-state index >= 15 is 0 Å². The molecule has 150 valence electrons. The molecule has 2 aliphatic carbocycles. The molecule has 0 atom stereocenters. The van der Waals surface area contributed by atoms with E-state index in [9.17, 15) is 4.79 Å². The Morgan fingerprint density at radius 3 is 2.50 bits per heavy atom. The number of imidazole rings is 1. The van der Waals surface area contributed by atoms with Crippen molar-refractivity contribution in [1.82, 2.24) is 14.9 Å². The largest absolute Gasteiger partial charge is 0.353 e. The van der Waals surface area contributed by atoms with Crippen LogP contribution in [0, 0.1) is 11.8 Å². The Morgan fingerprint density at radius 2 is 1.75 bits per heavy atom. The quantitative estimate of drug-likeness (QED) is 0.849. The molecular weight excluding hydrogens is 348 g/mol. The Kier molecular flexibility index (Phi) is 5.00. The van der Waals surface area contributed by atoms with Gasteiger partial charge in [-0.1, -0.05) is 31.4 Å². The van der Waals surface area contributed by atoms with Crippen LogP contribution in [0.4, 0.5) is 5.95 Å². The number of carbonyl (C=O) groups is 1. The number of nitrogens with one attached hydrogen (secondary N) is 1. The summed E-state index contributed by atoms with van der Waals surface area (Å²) in [5.74, 6) is 2.34. The molecule has 1 aromatic carbocycles. The van der Waals surface area contributed by atoms with Crippen LogP contribution >= 0.6 is 0 Å². The third-order valence-corrected chi connectivity index (χ3v) is 6.87. The maximum atomic E-state index is 12.4. The summed E-state index contributed by atoms with van der Waals surface area (Å²) in [4.78, 5) is 19.9. The number of piperidine rings is 1. The van der Waals surface area contributed by atoms with Crippen LogP contribution in [0.15, 0.2) is 24.3 Å². The summed E-state index contributed by atoms with van der Waals surface area (Å²) < 4.78 is 2.47. The summed E-state index contributed by atoms with van der Waals surface area (Å²) in [6, 6.07) is 9.01. The van der Waals surface area contributed by atoms with Crippen molar-refractivity contribution in [3.05, 3.63) is 24.3 Å². The predicted molar refractivity (Wildman–Crippen MR) is 112 cm³/mol. The molecule has 5 nitrogen and oxygen atoms in total. The highest BCUT2D eigenvalue weighted by Gasteiger charge is 2.31. The molecule has 0 unspecified atom stereocenters. The van der Waals surface area contributed by atoms with Crippen LogP contribution in [0.1, 0.15) is 57.8 Å². The minimum atomic E-state index is 0.174. The summed E-state index contributed by atoms with van der Waals surface area (Å²) in [6.45, 7) is 2.94. The van der Waals surface area contributed by atoms with Crippen LogP contribution in [0.25, 0.3) is 11.0 Å². The molecule has 3 aliphatic rings. The van der Waals surface area contributed by atoms with E-state index < -0.39 is 0 Å². The van der Waals surface area contributed by atoms with Gasteiger partial charge in [0, 0.05) is 31.6 Å². The van der Waals surface area contributed by atoms with Crippen molar-refractivity contribution in [2.24, 2.45) is 11.8 Å². The molecular formula is C23H32N4O. The fourth-order valence-electron chi connectivity index (χ4n) is 5.00. The molecule has 2 saturated carbocycles. The second-order valence-corrected chi connectivity index (χ2v) is 9.06. The van der Waals surface area contributed by atoms with Crippen LogP contribution < -0.4 is 10.2 Å². The molecule has 1 aromatic heterocycles. The molecule has 3 fully saturated rings. The Morgan fingerprint density at radius 1 is 1.00 bits per heavy atom. The lowest BCUT2D eigenvalue weighted by Gasteiger charge is -2.33. The zero-order valence-electron chi connectivity index (χ0n) is 16.8. The highest BCUT2D eigenvalue weighted by atomic mass is 16.2. The second kappa shape index (κ2) is 7.76. The summed E-state index contributed by atoms with van der Waals surface area (Å²) in [6.07, 6.45) is 11.0. The lowest BCUT2D eigenvalue weighted by atomic mass is 9.89. The third-order valence-electron chi connectivity index (χ3n) is 6.87. The molecule has 0 spiro atoms. The minimum Gasteiger partial charge on any atom is -0.353 e. The van der Waals surface area contributed by atoms with Gasteiger partial charge in [0.05, 0.1) is 11.0 Å². The first-order valence-electron chi connectivity index (χ1n) is 11.3.